The van der Waals surface area contributed by atoms with Gasteiger partial charge in [0.2, 0.25) is 0 Å². The topological polar surface area (TPSA) is 101 Å². The van der Waals surface area contributed by atoms with Crippen LogP contribution in [0, 0.1) is 0 Å². The molecule has 0 saturated carbocycles. The maximum atomic E-state index is 10.1. The normalized spacial score (nSPS) is 10.0. The Bertz CT molecular complexity index is 243. The van der Waals surface area contributed by atoms with Crippen molar-refractivity contribution < 1.29 is 47.6 Å². The molecule has 0 bridgehead atoms. The van der Waals surface area contributed by atoms with E-state index in [9.17, 15) is 13.0 Å². The molecule has 0 aliphatic carbocycles. The maximum absolute atomic E-state index is 10.1. The van der Waals surface area contributed by atoms with Gasteiger partial charge >= 0.3 is 29.6 Å². The van der Waals surface area contributed by atoms with Gasteiger partial charge in [0.1, 0.15) is 16.0 Å². The molecule has 0 spiro atoms. The van der Waals surface area contributed by atoms with Crippen molar-refractivity contribution in [3.63, 3.8) is 0 Å². The summed E-state index contributed by atoms with van der Waals surface area (Å²) in [6.07, 6.45) is 0. The van der Waals surface area contributed by atoms with Gasteiger partial charge in [-0.25, -0.2) is 8.42 Å². The fourth-order valence-corrected chi connectivity index (χ4v) is 0.973. The molecule has 0 atom stereocenters. The number of hydrogen-bond donors (Lipinski definition) is 3. The van der Waals surface area contributed by atoms with Gasteiger partial charge in [0.05, 0.1) is 6.61 Å². The zero-order chi connectivity index (χ0) is 9.61. The summed E-state index contributed by atoms with van der Waals surface area (Å²) in [7, 11) is -4.30. The molecule has 0 aromatic carbocycles. The summed E-state index contributed by atoms with van der Waals surface area (Å²) >= 11 is 4.55. The predicted molar refractivity (Wildman–Crippen MR) is 45.4 cm³/mol. The molecule has 0 aliphatic rings. The van der Waals surface area contributed by atoms with E-state index in [1.165, 1.54) is 0 Å². The molecule has 0 aromatic heterocycles. The molecule has 0 saturated heterocycles. The minimum Gasteiger partial charge on any atom is -0.747 e. The monoisotopic (exact) mass is 236 g/mol. The van der Waals surface area contributed by atoms with Gasteiger partial charge in [-0.2, -0.15) is 0 Å². The van der Waals surface area contributed by atoms with Crippen molar-refractivity contribution in [2.75, 3.05) is 19.0 Å². The van der Waals surface area contributed by atoms with Crippen LogP contribution in [0.15, 0.2) is 0 Å². The minimum atomic E-state index is -4.30. The van der Waals surface area contributed by atoms with E-state index < -0.39 is 16.0 Å². The van der Waals surface area contributed by atoms with Crippen molar-refractivity contribution in [3.8, 4) is 0 Å². The van der Waals surface area contributed by atoms with Crippen molar-refractivity contribution in [3.05, 3.63) is 0 Å². The number of nitrogens with one attached hydrogen (secondary N) is 2. The van der Waals surface area contributed by atoms with E-state index in [4.69, 9.17) is 5.11 Å². The summed E-state index contributed by atoms with van der Waals surface area (Å²) in [5.41, 5.74) is 0. The quantitative estimate of drug-likeness (QED) is 0.255. The second-order valence-corrected chi connectivity index (χ2v) is 3.67. The molecule has 0 aromatic rings. The first-order valence-corrected chi connectivity index (χ1v) is 5.00. The number of aliphatic hydroxyl groups excluding tert-OH is 1. The fraction of sp³-hybridized carbons (Fsp3) is 0.750. The largest absolute Gasteiger partial charge is 1.00 e. The molecule has 0 rings (SSSR count). The zero-order valence-electron chi connectivity index (χ0n) is 7.11. The van der Waals surface area contributed by atoms with Gasteiger partial charge in [-0.15, -0.1) is 0 Å². The first-order valence-electron chi connectivity index (χ1n) is 3.02. The van der Waals surface area contributed by atoms with E-state index in [0.717, 1.165) is 0 Å². The summed E-state index contributed by atoms with van der Waals surface area (Å²) in [5, 5.41) is 13.0. The predicted octanol–water partition coefficient (Wildman–Crippen LogP) is -5.05. The summed E-state index contributed by atoms with van der Waals surface area (Å²) in [5.74, 6) is -0.746. The Morgan fingerprint density at radius 2 is 2.00 bits per heavy atom. The van der Waals surface area contributed by atoms with Crippen molar-refractivity contribution >= 4 is 27.4 Å². The van der Waals surface area contributed by atoms with E-state index in [1.54, 1.807) is 0 Å². The van der Waals surface area contributed by atoms with Crippen LogP contribution in [0.1, 0.15) is 0 Å². The molecule has 0 amide bonds. The fourth-order valence-electron chi connectivity index (χ4n) is 0.386. The Kier molecular flexibility index (Phi) is 9.75. The van der Waals surface area contributed by atoms with Gasteiger partial charge in [0.25, 0.3) is 0 Å². The molecule has 0 heterocycles. The standard InChI is InChI=1S/C4H10N2O4S2.Na/c7-2-1-5-4(11)6-3-12(8,9)10;/h7H,1-3H2,(H2,5,6,11)(H,8,9,10);/q;+1/p-1. The average Bonchev–Trinajstić information content (AvgIpc) is 1.95. The van der Waals surface area contributed by atoms with Crippen LogP contribution in [0.2, 0.25) is 0 Å². The molecule has 0 aliphatic heterocycles. The van der Waals surface area contributed by atoms with Crippen LogP contribution in [0.25, 0.3) is 0 Å². The van der Waals surface area contributed by atoms with E-state index in [0.29, 0.717) is 0 Å². The first-order chi connectivity index (χ1) is 5.45. The molecule has 9 heteroatoms. The van der Waals surface area contributed by atoms with Crippen LogP contribution in [-0.2, 0) is 10.1 Å². The summed E-state index contributed by atoms with van der Waals surface area (Å²) in [4.78, 5) is 0. The Hall–Kier alpha value is 0.560. The Balaban J connectivity index is 0. The van der Waals surface area contributed by atoms with Crippen LogP contribution in [-0.4, -0.2) is 42.2 Å². The van der Waals surface area contributed by atoms with Crippen molar-refractivity contribution in [2.45, 2.75) is 0 Å². The Labute approximate surface area is 104 Å². The average molecular weight is 236 g/mol. The first kappa shape index (κ1) is 16.0. The SMILES string of the molecule is O=S(=O)([O-])CNC(=S)NCCO.[Na+]. The third-order valence-electron chi connectivity index (χ3n) is 0.807. The summed E-state index contributed by atoms with van der Waals surface area (Å²) < 4.78 is 30.2. The van der Waals surface area contributed by atoms with E-state index in [2.05, 4.69) is 22.9 Å². The van der Waals surface area contributed by atoms with Crippen LogP contribution < -0.4 is 40.2 Å². The van der Waals surface area contributed by atoms with Crippen molar-refractivity contribution in [2.24, 2.45) is 0 Å². The minimum absolute atomic E-state index is 0. The van der Waals surface area contributed by atoms with Gasteiger partial charge in [0, 0.05) is 6.54 Å². The molecule has 0 fully saturated rings. The number of hydrogen-bond acceptors (Lipinski definition) is 5. The smallest absolute Gasteiger partial charge is 0.747 e. The molecule has 3 N–H and O–H groups in total. The second-order valence-electron chi connectivity index (χ2n) is 1.86. The van der Waals surface area contributed by atoms with Gasteiger partial charge < -0.3 is 20.3 Å². The third kappa shape index (κ3) is 12.6. The molecule has 72 valence electrons. The Morgan fingerprint density at radius 1 is 1.46 bits per heavy atom. The van der Waals surface area contributed by atoms with Gasteiger partial charge in [-0.05, 0) is 12.2 Å². The van der Waals surface area contributed by atoms with E-state index >= 15 is 0 Å². The molecule has 6 nitrogen and oxygen atoms in total. The summed E-state index contributed by atoms with van der Waals surface area (Å²) in [6, 6.07) is 0. The third-order valence-corrected chi connectivity index (χ3v) is 1.59. The number of rotatable bonds is 4. The van der Waals surface area contributed by atoms with Crippen molar-refractivity contribution in [1.29, 1.82) is 0 Å². The Morgan fingerprint density at radius 3 is 2.38 bits per heavy atom. The van der Waals surface area contributed by atoms with Crippen LogP contribution in [0.3, 0.4) is 0 Å². The second kappa shape index (κ2) is 7.92. The zero-order valence-corrected chi connectivity index (χ0v) is 10.7. The van der Waals surface area contributed by atoms with Crippen LogP contribution in [0.4, 0.5) is 0 Å². The van der Waals surface area contributed by atoms with Gasteiger partial charge in [-0.1, -0.05) is 0 Å². The van der Waals surface area contributed by atoms with E-state index in [1.807, 2.05) is 0 Å². The van der Waals surface area contributed by atoms with Crippen LogP contribution >= 0.6 is 12.2 Å². The number of aliphatic hydroxyl groups is 1. The van der Waals surface area contributed by atoms with Gasteiger partial charge in [0.15, 0.2) is 5.11 Å². The van der Waals surface area contributed by atoms with Crippen LogP contribution in [0.5, 0.6) is 0 Å². The van der Waals surface area contributed by atoms with Crippen molar-refractivity contribution in [1.82, 2.24) is 10.6 Å². The molecule has 13 heavy (non-hydrogen) atoms. The van der Waals surface area contributed by atoms with E-state index in [-0.39, 0.29) is 47.8 Å². The molecule has 0 radical (unpaired) electrons. The molecular formula is C4H9N2NaO4S2. The number of thiocarbonyl (C=S) groups is 1. The summed E-state index contributed by atoms with van der Waals surface area (Å²) in [6.45, 7) is 0.0939. The molecule has 0 unspecified atom stereocenters. The molecular weight excluding hydrogens is 227 g/mol. The van der Waals surface area contributed by atoms with Gasteiger partial charge in [-0.3, -0.25) is 0 Å². The maximum Gasteiger partial charge on any atom is 1.00 e.